The number of benzene rings is 1. The Morgan fingerprint density at radius 2 is 1.90 bits per heavy atom. The summed E-state index contributed by atoms with van der Waals surface area (Å²) in [4.78, 5) is 1.13. The highest BCUT2D eigenvalue weighted by Crippen LogP contribution is 2.35. The van der Waals surface area contributed by atoms with Crippen molar-refractivity contribution in [2.24, 2.45) is 5.92 Å². The van der Waals surface area contributed by atoms with Gasteiger partial charge in [-0.05, 0) is 35.6 Å². The predicted octanol–water partition coefficient (Wildman–Crippen LogP) is 5.16. The normalized spacial score (nSPS) is 13.4. The van der Waals surface area contributed by atoms with Crippen LogP contribution in [0.25, 0.3) is 0 Å². The second-order valence-corrected chi connectivity index (χ2v) is 6.16. The molecular formula is C15H17F3N2S. The third kappa shape index (κ3) is 3.69. The van der Waals surface area contributed by atoms with Gasteiger partial charge in [0, 0.05) is 4.88 Å². The molecule has 0 saturated carbocycles. The first kappa shape index (κ1) is 15.7. The van der Waals surface area contributed by atoms with E-state index in [1.165, 1.54) is 6.07 Å². The van der Waals surface area contributed by atoms with Crippen molar-refractivity contribution < 1.29 is 13.2 Å². The van der Waals surface area contributed by atoms with Crippen LogP contribution in [-0.4, -0.2) is 0 Å². The largest absolute Gasteiger partial charge is 0.416 e. The van der Waals surface area contributed by atoms with Crippen LogP contribution in [-0.2, 0) is 6.18 Å². The summed E-state index contributed by atoms with van der Waals surface area (Å²) in [6.45, 7) is 4.11. The van der Waals surface area contributed by atoms with Crippen LogP contribution < -0.4 is 11.1 Å². The molecule has 3 N–H and O–H groups in total. The zero-order chi connectivity index (χ0) is 15.6. The molecule has 6 heteroatoms. The van der Waals surface area contributed by atoms with Gasteiger partial charge in [-0.3, -0.25) is 0 Å². The summed E-state index contributed by atoms with van der Waals surface area (Å²) < 4.78 is 37.9. The summed E-state index contributed by atoms with van der Waals surface area (Å²) in [6, 6.07) is 7.37. The van der Waals surface area contributed by atoms with Gasteiger partial charge in [0.1, 0.15) is 0 Å². The van der Waals surface area contributed by atoms with Crippen LogP contribution in [0.5, 0.6) is 0 Å². The summed E-state index contributed by atoms with van der Waals surface area (Å²) in [6.07, 6.45) is -4.38. The Kier molecular flexibility index (Phi) is 4.46. The molecule has 0 aliphatic heterocycles. The number of nitrogens with two attached hydrogens (primary N) is 1. The number of nitrogen functional groups attached to an aromatic ring is 1. The summed E-state index contributed by atoms with van der Waals surface area (Å²) in [5, 5.41) is 5.22. The van der Waals surface area contributed by atoms with E-state index in [0.29, 0.717) is 5.69 Å². The number of rotatable bonds is 4. The molecule has 0 amide bonds. The van der Waals surface area contributed by atoms with Gasteiger partial charge in [0.2, 0.25) is 0 Å². The van der Waals surface area contributed by atoms with Crippen LogP contribution in [0.3, 0.4) is 0 Å². The van der Waals surface area contributed by atoms with Crippen LogP contribution in [0.1, 0.15) is 30.3 Å². The molecule has 0 fully saturated rings. The highest BCUT2D eigenvalue weighted by atomic mass is 32.1. The van der Waals surface area contributed by atoms with Crippen molar-refractivity contribution in [3.8, 4) is 0 Å². The number of thiophene rings is 1. The molecule has 0 saturated heterocycles. The van der Waals surface area contributed by atoms with Gasteiger partial charge >= 0.3 is 6.18 Å². The van der Waals surface area contributed by atoms with E-state index in [0.717, 1.165) is 17.0 Å². The fourth-order valence-corrected chi connectivity index (χ4v) is 3.02. The van der Waals surface area contributed by atoms with Crippen molar-refractivity contribution in [1.82, 2.24) is 0 Å². The first-order valence-electron chi connectivity index (χ1n) is 6.55. The molecule has 2 rings (SSSR count). The zero-order valence-electron chi connectivity index (χ0n) is 11.7. The van der Waals surface area contributed by atoms with E-state index in [4.69, 9.17) is 5.73 Å². The Bertz CT molecular complexity index is 591. The van der Waals surface area contributed by atoms with Gasteiger partial charge < -0.3 is 11.1 Å². The molecule has 2 nitrogen and oxygen atoms in total. The zero-order valence-corrected chi connectivity index (χ0v) is 12.6. The standard InChI is InChI=1S/C15H17F3N2S/c1-9(2)14(13-4-3-7-21-13)20-12-6-5-10(8-11(12)19)15(16,17)18/h3-9,14,20H,19H2,1-2H3. The van der Waals surface area contributed by atoms with Crippen LogP contribution in [0.4, 0.5) is 24.5 Å². The van der Waals surface area contributed by atoms with E-state index in [1.54, 1.807) is 11.3 Å². The smallest absolute Gasteiger partial charge is 0.397 e. The van der Waals surface area contributed by atoms with Crippen molar-refractivity contribution >= 4 is 22.7 Å². The molecule has 2 aromatic rings. The van der Waals surface area contributed by atoms with Crippen LogP contribution in [0.15, 0.2) is 35.7 Å². The monoisotopic (exact) mass is 314 g/mol. The first-order valence-corrected chi connectivity index (χ1v) is 7.43. The topological polar surface area (TPSA) is 38.0 Å². The molecule has 1 heterocycles. The minimum Gasteiger partial charge on any atom is -0.397 e. The summed E-state index contributed by atoms with van der Waals surface area (Å²) in [5.74, 6) is 0.283. The van der Waals surface area contributed by atoms with Crippen molar-refractivity contribution in [1.29, 1.82) is 0 Å². The quantitative estimate of drug-likeness (QED) is 0.765. The average molecular weight is 314 g/mol. The van der Waals surface area contributed by atoms with Gasteiger partial charge in [0.15, 0.2) is 0 Å². The first-order chi connectivity index (χ1) is 9.79. The van der Waals surface area contributed by atoms with Gasteiger partial charge in [0.05, 0.1) is 23.0 Å². The van der Waals surface area contributed by atoms with E-state index in [1.807, 2.05) is 17.5 Å². The molecule has 1 aromatic heterocycles. The number of alkyl halides is 3. The molecular weight excluding hydrogens is 297 g/mol. The average Bonchev–Trinajstić information content (AvgIpc) is 2.89. The summed E-state index contributed by atoms with van der Waals surface area (Å²) in [7, 11) is 0. The number of hydrogen-bond donors (Lipinski definition) is 2. The van der Waals surface area contributed by atoms with Crippen LogP contribution in [0.2, 0.25) is 0 Å². The predicted molar refractivity (Wildman–Crippen MR) is 81.4 cm³/mol. The number of anilines is 2. The van der Waals surface area contributed by atoms with Crippen molar-refractivity contribution in [3.05, 3.63) is 46.2 Å². The molecule has 0 aliphatic rings. The Morgan fingerprint density at radius 1 is 1.19 bits per heavy atom. The second kappa shape index (κ2) is 5.97. The van der Waals surface area contributed by atoms with E-state index in [-0.39, 0.29) is 17.6 Å². The van der Waals surface area contributed by atoms with E-state index >= 15 is 0 Å². The maximum absolute atomic E-state index is 12.6. The number of halogens is 3. The van der Waals surface area contributed by atoms with Gasteiger partial charge in [0.25, 0.3) is 0 Å². The van der Waals surface area contributed by atoms with Crippen molar-refractivity contribution in [2.45, 2.75) is 26.1 Å². The van der Waals surface area contributed by atoms with Crippen LogP contribution in [0, 0.1) is 5.92 Å². The third-order valence-corrected chi connectivity index (χ3v) is 4.16. The lowest BCUT2D eigenvalue weighted by Gasteiger charge is -2.23. The lowest BCUT2D eigenvalue weighted by atomic mass is 10.0. The Balaban J connectivity index is 2.26. The Morgan fingerprint density at radius 3 is 2.38 bits per heavy atom. The van der Waals surface area contributed by atoms with E-state index in [9.17, 15) is 13.2 Å². The van der Waals surface area contributed by atoms with Gasteiger partial charge in [-0.25, -0.2) is 0 Å². The SMILES string of the molecule is CC(C)C(Nc1ccc(C(F)(F)F)cc1N)c1cccs1. The van der Waals surface area contributed by atoms with Crippen molar-refractivity contribution in [3.63, 3.8) is 0 Å². The lowest BCUT2D eigenvalue weighted by Crippen LogP contribution is -2.17. The molecule has 0 bridgehead atoms. The highest BCUT2D eigenvalue weighted by molar-refractivity contribution is 7.10. The minimum absolute atomic E-state index is 0.0176. The second-order valence-electron chi connectivity index (χ2n) is 5.18. The fourth-order valence-electron chi connectivity index (χ4n) is 2.07. The van der Waals surface area contributed by atoms with Crippen LogP contribution >= 0.6 is 11.3 Å². The molecule has 21 heavy (non-hydrogen) atoms. The molecule has 1 unspecified atom stereocenters. The molecule has 0 aliphatic carbocycles. The number of hydrogen-bond acceptors (Lipinski definition) is 3. The van der Waals surface area contributed by atoms with Gasteiger partial charge in [-0.2, -0.15) is 13.2 Å². The third-order valence-electron chi connectivity index (χ3n) is 3.21. The van der Waals surface area contributed by atoms with Crippen molar-refractivity contribution in [2.75, 3.05) is 11.1 Å². The van der Waals surface area contributed by atoms with E-state index < -0.39 is 11.7 Å². The molecule has 1 aromatic carbocycles. The lowest BCUT2D eigenvalue weighted by molar-refractivity contribution is -0.137. The summed E-state index contributed by atoms with van der Waals surface area (Å²) >= 11 is 1.61. The number of nitrogens with one attached hydrogen (secondary N) is 1. The highest BCUT2D eigenvalue weighted by Gasteiger charge is 2.31. The van der Waals surface area contributed by atoms with E-state index in [2.05, 4.69) is 19.2 Å². The minimum atomic E-state index is -4.38. The molecule has 114 valence electrons. The fraction of sp³-hybridized carbons (Fsp3) is 0.333. The maximum atomic E-state index is 12.6. The summed E-state index contributed by atoms with van der Waals surface area (Å²) in [5.41, 5.74) is 5.65. The van der Waals surface area contributed by atoms with Gasteiger partial charge in [-0.1, -0.05) is 19.9 Å². The molecule has 1 atom stereocenters. The Labute approximate surface area is 125 Å². The molecule has 0 radical (unpaired) electrons. The Hall–Kier alpha value is -1.69. The van der Waals surface area contributed by atoms with Gasteiger partial charge in [-0.15, -0.1) is 11.3 Å². The molecule has 0 spiro atoms. The maximum Gasteiger partial charge on any atom is 0.416 e.